The number of halogens is 1. The molecule has 0 saturated carbocycles. The number of fused-ring (bicyclic) bond motifs is 1. The standard InChI is InChI=1S/C27H23ClO6/c1-30-21-15-22-18(11-17(21)10-9-16-7-5-6-8-20(16)28)12-23(34-22)26(29)19-13-24(31-2)27(33-4)25(14-19)32-3/h5-15H,1-4H3/b10-9+. The third-order valence-electron chi connectivity index (χ3n) is 5.37. The van der Waals surface area contributed by atoms with Gasteiger partial charge in [-0.1, -0.05) is 42.0 Å². The molecule has 0 aliphatic heterocycles. The fraction of sp³-hybridized carbons (Fsp3) is 0.148. The van der Waals surface area contributed by atoms with Crippen LogP contribution in [0.1, 0.15) is 27.2 Å². The maximum Gasteiger partial charge on any atom is 0.228 e. The summed E-state index contributed by atoms with van der Waals surface area (Å²) in [5.74, 6) is 1.65. The van der Waals surface area contributed by atoms with E-state index < -0.39 is 0 Å². The minimum atomic E-state index is -0.317. The highest BCUT2D eigenvalue weighted by Gasteiger charge is 2.21. The Kier molecular flexibility index (Phi) is 6.80. The number of rotatable bonds is 8. The van der Waals surface area contributed by atoms with Crippen molar-refractivity contribution in [2.75, 3.05) is 28.4 Å². The van der Waals surface area contributed by atoms with E-state index in [1.54, 1.807) is 31.4 Å². The Morgan fingerprint density at radius 1 is 0.794 bits per heavy atom. The van der Waals surface area contributed by atoms with Crippen LogP contribution in [-0.2, 0) is 0 Å². The highest BCUT2D eigenvalue weighted by Crippen LogP contribution is 2.39. The van der Waals surface area contributed by atoms with Gasteiger partial charge in [0.25, 0.3) is 0 Å². The van der Waals surface area contributed by atoms with Gasteiger partial charge in [0.2, 0.25) is 11.5 Å². The number of methoxy groups -OCH3 is 4. The number of benzene rings is 3. The molecule has 0 amide bonds. The Hall–Kier alpha value is -3.90. The van der Waals surface area contributed by atoms with Gasteiger partial charge in [-0.2, -0.15) is 0 Å². The molecule has 0 aliphatic rings. The van der Waals surface area contributed by atoms with Crippen molar-refractivity contribution in [2.45, 2.75) is 0 Å². The first kappa shape index (κ1) is 23.3. The fourth-order valence-electron chi connectivity index (χ4n) is 3.65. The van der Waals surface area contributed by atoms with Gasteiger partial charge in [0.05, 0.1) is 28.4 Å². The molecule has 7 heteroatoms. The zero-order valence-corrected chi connectivity index (χ0v) is 19.9. The second-order valence-corrected chi connectivity index (χ2v) is 7.75. The van der Waals surface area contributed by atoms with E-state index in [4.69, 9.17) is 35.0 Å². The van der Waals surface area contributed by atoms with Crippen molar-refractivity contribution in [1.82, 2.24) is 0 Å². The summed E-state index contributed by atoms with van der Waals surface area (Å²) in [6.45, 7) is 0. The van der Waals surface area contributed by atoms with Gasteiger partial charge in [-0.25, -0.2) is 0 Å². The first-order chi connectivity index (χ1) is 16.5. The molecule has 1 heterocycles. The zero-order valence-electron chi connectivity index (χ0n) is 19.2. The predicted molar refractivity (Wildman–Crippen MR) is 133 cm³/mol. The fourth-order valence-corrected chi connectivity index (χ4v) is 3.85. The van der Waals surface area contributed by atoms with Crippen LogP contribution in [-0.4, -0.2) is 34.2 Å². The van der Waals surface area contributed by atoms with Crippen molar-refractivity contribution in [2.24, 2.45) is 0 Å². The lowest BCUT2D eigenvalue weighted by Crippen LogP contribution is -2.03. The summed E-state index contributed by atoms with van der Waals surface area (Å²) in [6, 6.07) is 16.1. The summed E-state index contributed by atoms with van der Waals surface area (Å²) in [7, 11) is 6.08. The van der Waals surface area contributed by atoms with Crippen molar-refractivity contribution in [3.05, 3.63) is 82.1 Å². The molecule has 4 rings (SSSR count). The van der Waals surface area contributed by atoms with Crippen LogP contribution in [0.2, 0.25) is 5.02 Å². The molecule has 0 saturated heterocycles. The van der Waals surface area contributed by atoms with Crippen molar-refractivity contribution in [3.8, 4) is 23.0 Å². The first-order valence-electron chi connectivity index (χ1n) is 10.4. The normalized spacial score (nSPS) is 11.1. The number of carbonyl (C=O) groups excluding carboxylic acids is 1. The zero-order chi connectivity index (χ0) is 24.2. The SMILES string of the molecule is COc1cc2oc(C(=O)c3cc(OC)c(OC)c(OC)c3)cc2cc1/C=C/c1ccccc1Cl. The number of carbonyl (C=O) groups is 1. The minimum absolute atomic E-state index is 0.179. The van der Waals surface area contributed by atoms with E-state index in [0.717, 1.165) is 16.5 Å². The maximum absolute atomic E-state index is 13.2. The summed E-state index contributed by atoms with van der Waals surface area (Å²) in [5, 5.41) is 1.41. The van der Waals surface area contributed by atoms with Gasteiger partial charge >= 0.3 is 0 Å². The number of ketones is 1. The molecule has 3 aromatic carbocycles. The quantitative estimate of drug-likeness (QED) is 0.212. The lowest BCUT2D eigenvalue weighted by Gasteiger charge is -2.13. The Labute approximate surface area is 202 Å². The molecule has 0 fully saturated rings. The molecule has 0 aliphatic carbocycles. The molecule has 0 radical (unpaired) electrons. The van der Waals surface area contributed by atoms with Crippen LogP contribution in [0.25, 0.3) is 23.1 Å². The molecule has 174 valence electrons. The Morgan fingerprint density at radius 3 is 2.06 bits per heavy atom. The van der Waals surface area contributed by atoms with Gasteiger partial charge < -0.3 is 23.4 Å². The van der Waals surface area contributed by atoms with Crippen molar-refractivity contribution >= 4 is 40.5 Å². The second-order valence-electron chi connectivity index (χ2n) is 7.34. The average Bonchev–Trinajstić information content (AvgIpc) is 3.29. The molecular formula is C27H23ClO6. The van der Waals surface area contributed by atoms with Crippen LogP contribution >= 0.6 is 11.6 Å². The van der Waals surface area contributed by atoms with Crippen LogP contribution in [0.4, 0.5) is 0 Å². The molecule has 0 unspecified atom stereocenters. The van der Waals surface area contributed by atoms with E-state index in [0.29, 0.717) is 39.2 Å². The van der Waals surface area contributed by atoms with Gasteiger partial charge in [-0.15, -0.1) is 0 Å². The van der Waals surface area contributed by atoms with Crippen LogP contribution in [0.5, 0.6) is 23.0 Å². The number of furan rings is 1. The Balaban J connectivity index is 1.73. The summed E-state index contributed by atoms with van der Waals surface area (Å²) >= 11 is 6.26. The average molecular weight is 479 g/mol. The highest BCUT2D eigenvalue weighted by atomic mass is 35.5. The van der Waals surface area contributed by atoms with E-state index >= 15 is 0 Å². The molecule has 4 aromatic rings. The lowest BCUT2D eigenvalue weighted by molar-refractivity contribution is 0.101. The van der Waals surface area contributed by atoms with E-state index in [1.165, 1.54) is 21.3 Å². The molecule has 34 heavy (non-hydrogen) atoms. The molecule has 6 nitrogen and oxygen atoms in total. The van der Waals surface area contributed by atoms with E-state index in [-0.39, 0.29) is 11.5 Å². The van der Waals surface area contributed by atoms with Crippen molar-refractivity contribution in [1.29, 1.82) is 0 Å². The Bertz CT molecular complexity index is 1360. The van der Waals surface area contributed by atoms with Crippen LogP contribution in [0.3, 0.4) is 0 Å². The van der Waals surface area contributed by atoms with Gasteiger partial charge in [0, 0.05) is 27.6 Å². The molecule has 0 atom stereocenters. The van der Waals surface area contributed by atoms with Gasteiger partial charge in [-0.3, -0.25) is 4.79 Å². The number of hydrogen-bond acceptors (Lipinski definition) is 6. The van der Waals surface area contributed by atoms with E-state index in [2.05, 4.69) is 0 Å². The molecule has 0 spiro atoms. The number of ether oxygens (including phenoxy) is 4. The summed E-state index contributed by atoms with van der Waals surface area (Å²) in [5.41, 5.74) is 2.58. The summed E-state index contributed by atoms with van der Waals surface area (Å²) in [6.07, 6.45) is 3.82. The van der Waals surface area contributed by atoms with Gasteiger partial charge in [-0.05, 0) is 35.9 Å². The van der Waals surface area contributed by atoms with Crippen molar-refractivity contribution < 1.29 is 28.2 Å². The van der Waals surface area contributed by atoms with E-state index in [9.17, 15) is 4.79 Å². The topological polar surface area (TPSA) is 67.1 Å². The summed E-state index contributed by atoms with van der Waals surface area (Å²) in [4.78, 5) is 13.2. The lowest BCUT2D eigenvalue weighted by atomic mass is 10.1. The molecular weight excluding hydrogens is 456 g/mol. The highest BCUT2D eigenvalue weighted by molar-refractivity contribution is 6.32. The number of hydrogen-bond donors (Lipinski definition) is 0. The van der Waals surface area contributed by atoms with Crippen molar-refractivity contribution in [3.63, 3.8) is 0 Å². The van der Waals surface area contributed by atoms with Crippen LogP contribution < -0.4 is 18.9 Å². The second kappa shape index (κ2) is 9.93. The van der Waals surface area contributed by atoms with Crippen LogP contribution in [0.15, 0.2) is 59.0 Å². The van der Waals surface area contributed by atoms with E-state index in [1.807, 2.05) is 42.5 Å². The van der Waals surface area contributed by atoms with Gasteiger partial charge in [0.15, 0.2) is 17.3 Å². The Morgan fingerprint density at radius 2 is 1.44 bits per heavy atom. The maximum atomic E-state index is 13.2. The van der Waals surface area contributed by atoms with Crippen LogP contribution in [0, 0.1) is 0 Å². The summed E-state index contributed by atoms with van der Waals surface area (Å²) < 4.78 is 27.5. The molecule has 0 N–H and O–H groups in total. The third kappa shape index (κ3) is 4.45. The minimum Gasteiger partial charge on any atom is -0.496 e. The monoisotopic (exact) mass is 478 g/mol. The predicted octanol–water partition coefficient (Wildman–Crippen LogP) is 6.52. The van der Waals surface area contributed by atoms with Gasteiger partial charge in [0.1, 0.15) is 11.3 Å². The largest absolute Gasteiger partial charge is 0.496 e. The first-order valence-corrected chi connectivity index (χ1v) is 10.8. The molecule has 0 bridgehead atoms. The smallest absolute Gasteiger partial charge is 0.228 e. The molecule has 1 aromatic heterocycles. The third-order valence-corrected chi connectivity index (χ3v) is 5.71.